The van der Waals surface area contributed by atoms with Crippen molar-refractivity contribution in [1.82, 2.24) is 0 Å². The minimum Gasteiger partial charge on any atom is -0.420 e. The van der Waals surface area contributed by atoms with Gasteiger partial charge in [0.2, 0.25) is 69.7 Å². The minimum absolute atomic E-state index is 0.0155. The number of carbonyl (C=O) groups is 2. The van der Waals surface area contributed by atoms with Gasteiger partial charge in [-0.3, -0.25) is 9.59 Å². The highest BCUT2D eigenvalue weighted by atomic mass is 19.2. The fraction of sp³-hybridized carbons (Fsp3) is 0.263. The lowest BCUT2D eigenvalue weighted by Crippen LogP contribution is -2.14. The third-order valence-electron chi connectivity index (χ3n) is 4.03. The van der Waals surface area contributed by atoms with Gasteiger partial charge in [0.15, 0.2) is 0 Å². The fourth-order valence-corrected chi connectivity index (χ4v) is 2.39. The maximum absolute atomic E-state index is 13.4. The molecule has 0 N–H and O–H groups in total. The van der Waals surface area contributed by atoms with Crippen LogP contribution in [0.2, 0.25) is 0 Å². The molecule has 0 heterocycles. The topological polar surface area (TPSA) is 52.6 Å². The Morgan fingerprint density at radius 2 is 0.667 bits per heavy atom. The molecule has 0 aliphatic heterocycles. The van der Waals surface area contributed by atoms with E-state index in [1.165, 1.54) is 0 Å². The summed E-state index contributed by atoms with van der Waals surface area (Å²) in [6.45, 7) is 0. The summed E-state index contributed by atoms with van der Waals surface area (Å²) < 4.78 is 140. The molecule has 4 nitrogen and oxygen atoms in total. The predicted octanol–water partition coefficient (Wildman–Crippen LogP) is 5.54. The standard InChI is InChI=1S/C19H10F10O4/c20-8-10(22)14(26)18(15(27)11(8)23)32-6(30)4-2-1-3-5-7(31)33-19-16(28)12(24)9(21)13(25)17(19)29/h1-5H2. The van der Waals surface area contributed by atoms with Crippen molar-refractivity contribution in [1.29, 1.82) is 0 Å². The molecule has 0 bridgehead atoms. The summed E-state index contributed by atoms with van der Waals surface area (Å²) in [4.78, 5) is 23.1. The van der Waals surface area contributed by atoms with E-state index >= 15 is 0 Å². The number of ether oxygens (including phenoxy) is 2. The first kappa shape index (κ1) is 25.9. The van der Waals surface area contributed by atoms with Crippen molar-refractivity contribution < 1.29 is 63.0 Å². The normalized spacial score (nSPS) is 11.0. The van der Waals surface area contributed by atoms with Gasteiger partial charge in [-0.25, -0.2) is 26.3 Å². The van der Waals surface area contributed by atoms with Crippen LogP contribution in [0.15, 0.2) is 0 Å². The summed E-state index contributed by atoms with van der Waals surface area (Å²) in [5.74, 6) is -29.9. The molecular formula is C19H10F10O4. The number of carbonyl (C=O) groups excluding carboxylic acids is 2. The van der Waals surface area contributed by atoms with Crippen LogP contribution in [0.1, 0.15) is 32.1 Å². The molecule has 0 aliphatic carbocycles. The van der Waals surface area contributed by atoms with Gasteiger partial charge in [-0.1, -0.05) is 6.42 Å². The zero-order valence-electron chi connectivity index (χ0n) is 15.9. The lowest BCUT2D eigenvalue weighted by Gasteiger charge is -2.09. The molecule has 0 radical (unpaired) electrons. The zero-order chi connectivity index (χ0) is 25.0. The maximum Gasteiger partial charge on any atom is 0.311 e. The number of unbranched alkanes of at least 4 members (excludes halogenated alkanes) is 2. The van der Waals surface area contributed by atoms with Gasteiger partial charge in [0.25, 0.3) is 0 Å². The average Bonchev–Trinajstić information content (AvgIpc) is 2.79. The highest BCUT2D eigenvalue weighted by molar-refractivity contribution is 5.73. The molecule has 0 amide bonds. The third-order valence-corrected chi connectivity index (χ3v) is 4.03. The van der Waals surface area contributed by atoms with Crippen LogP contribution in [0.25, 0.3) is 0 Å². The van der Waals surface area contributed by atoms with E-state index in [9.17, 15) is 53.5 Å². The minimum atomic E-state index is -2.44. The number of esters is 2. The van der Waals surface area contributed by atoms with Crippen LogP contribution in [0, 0.1) is 58.2 Å². The van der Waals surface area contributed by atoms with Gasteiger partial charge in [0.1, 0.15) is 0 Å². The van der Waals surface area contributed by atoms with Crippen molar-refractivity contribution in [2.75, 3.05) is 0 Å². The summed E-state index contributed by atoms with van der Waals surface area (Å²) in [6, 6.07) is 0. The number of benzene rings is 2. The lowest BCUT2D eigenvalue weighted by molar-refractivity contribution is -0.135. The Kier molecular flexibility index (Phi) is 8.28. The van der Waals surface area contributed by atoms with Crippen LogP contribution in [-0.4, -0.2) is 11.9 Å². The van der Waals surface area contributed by atoms with E-state index in [0.29, 0.717) is 0 Å². The van der Waals surface area contributed by atoms with Crippen LogP contribution in [0.4, 0.5) is 43.9 Å². The van der Waals surface area contributed by atoms with Gasteiger partial charge in [-0.15, -0.1) is 0 Å². The van der Waals surface area contributed by atoms with E-state index in [2.05, 4.69) is 9.47 Å². The summed E-state index contributed by atoms with van der Waals surface area (Å²) in [6.07, 6.45) is -1.47. The van der Waals surface area contributed by atoms with Crippen molar-refractivity contribution in [2.24, 2.45) is 0 Å². The van der Waals surface area contributed by atoms with Crippen molar-refractivity contribution in [3.63, 3.8) is 0 Å². The third kappa shape index (κ3) is 5.54. The van der Waals surface area contributed by atoms with E-state index < -0.39 is 94.5 Å². The Morgan fingerprint density at radius 3 is 0.939 bits per heavy atom. The molecule has 0 aromatic heterocycles. The van der Waals surface area contributed by atoms with Gasteiger partial charge in [0.05, 0.1) is 0 Å². The SMILES string of the molecule is O=C(CCCCCC(=O)Oc1c(F)c(F)c(F)c(F)c1F)Oc1c(F)c(F)c(F)c(F)c1F. The summed E-state index contributed by atoms with van der Waals surface area (Å²) in [5.41, 5.74) is 0. The van der Waals surface area contributed by atoms with E-state index in [-0.39, 0.29) is 19.3 Å². The van der Waals surface area contributed by atoms with Gasteiger partial charge >= 0.3 is 11.9 Å². The lowest BCUT2D eigenvalue weighted by atomic mass is 10.1. The number of halogens is 10. The van der Waals surface area contributed by atoms with Crippen LogP contribution in [-0.2, 0) is 9.59 Å². The molecule has 2 aromatic carbocycles. The molecule has 2 rings (SSSR count). The molecule has 0 saturated heterocycles. The molecule has 33 heavy (non-hydrogen) atoms. The Balaban J connectivity index is 1.84. The largest absolute Gasteiger partial charge is 0.420 e. The molecule has 0 atom stereocenters. The second-order valence-corrected chi connectivity index (χ2v) is 6.31. The highest BCUT2D eigenvalue weighted by Crippen LogP contribution is 2.30. The summed E-state index contributed by atoms with van der Waals surface area (Å²) in [5, 5.41) is 0. The van der Waals surface area contributed by atoms with E-state index in [0.717, 1.165) is 0 Å². The van der Waals surface area contributed by atoms with Crippen LogP contribution < -0.4 is 9.47 Å². The Hall–Kier alpha value is -3.32. The molecule has 0 saturated carbocycles. The molecular weight excluding hydrogens is 482 g/mol. The molecule has 2 aromatic rings. The Morgan fingerprint density at radius 1 is 0.424 bits per heavy atom. The quantitative estimate of drug-likeness (QED) is 0.121. The van der Waals surface area contributed by atoms with Crippen molar-refractivity contribution in [2.45, 2.75) is 32.1 Å². The maximum atomic E-state index is 13.4. The first-order chi connectivity index (χ1) is 15.4. The molecule has 14 heteroatoms. The number of hydrogen-bond donors (Lipinski definition) is 0. The van der Waals surface area contributed by atoms with Crippen molar-refractivity contribution >= 4 is 11.9 Å². The van der Waals surface area contributed by atoms with E-state index in [1.807, 2.05) is 0 Å². The molecule has 0 aliphatic rings. The fourth-order valence-electron chi connectivity index (χ4n) is 2.39. The molecule has 0 spiro atoms. The van der Waals surface area contributed by atoms with Crippen LogP contribution in [0.5, 0.6) is 11.5 Å². The predicted molar refractivity (Wildman–Crippen MR) is 86.8 cm³/mol. The van der Waals surface area contributed by atoms with Crippen molar-refractivity contribution in [3.05, 3.63) is 58.2 Å². The number of rotatable bonds is 8. The Bertz CT molecular complexity index is 959. The van der Waals surface area contributed by atoms with Gasteiger partial charge in [0, 0.05) is 12.8 Å². The van der Waals surface area contributed by atoms with Gasteiger partial charge in [-0.2, -0.15) is 17.6 Å². The first-order valence-electron chi connectivity index (χ1n) is 8.82. The second-order valence-electron chi connectivity index (χ2n) is 6.31. The average molecular weight is 492 g/mol. The van der Waals surface area contributed by atoms with Crippen LogP contribution >= 0.6 is 0 Å². The van der Waals surface area contributed by atoms with Crippen molar-refractivity contribution in [3.8, 4) is 11.5 Å². The summed E-state index contributed by atoms with van der Waals surface area (Å²) >= 11 is 0. The Labute approximate surface area is 177 Å². The monoisotopic (exact) mass is 492 g/mol. The van der Waals surface area contributed by atoms with E-state index in [1.54, 1.807) is 0 Å². The molecule has 180 valence electrons. The van der Waals surface area contributed by atoms with Crippen LogP contribution in [0.3, 0.4) is 0 Å². The smallest absolute Gasteiger partial charge is 0.311 e. The number of hydrogen-bond acceptors (Lipinski definition) is 4. The van der Waals surface area contributed by atoms with E-state index in [4.69, 9.17) is 0 Å². The van der Waals surface area contributed by atoms with Gasteiger partial charge < -0.3 is 9.47 Å². The molecule has 0 fully saturated rings. The van der Waals surface area contributed by atoms with Gasteiger partial charge in [-0.05, 0) is 12.8 Å². The zero-order valence-corrected chi connectivity index (χ0v) is 15.9. The summed E-state index contributed by atoms with van der Waals surface area (Å²) in [7, 11) is 0. The molecule has 0 unspecified atom stereocenters. The first-order valence-corrected chi connectivity index (χ1v) is 8.82. The second kappa shape index (κ2) is 10.5. The highest BCUT2D eigenvalue weighted by Gasteiger charge is 2.29.